The maximum Gasteiger partial charge on any atom is 0.253 e. The molecule has 3 atom stereocenters. The van der Waals surface area contributed by atoms with Gasteiger partial charge in [0, 0.05) is 33.6 Å². The van der Waals surface area contributed by atoms with Crippen LogP contribution in [0.25, 0.3) is 0 Å². The van der Waals surface area contributed by atoms with Crippen molar-refractivity contribution in [3.63, 3.8) is 0 Å². The highest BCUT2D eigenvalue weighted by Crippen LogP contribution is 2.22. The van der Waals surface area contributed by atoms with Crippen LogP contribution in [-0.4, -0.2) is 68.1 Å². The second kappa shape index (κ2) is 10.1. The van der Waals surface area contributed by atoms with Gasteiger partial charge in [-0.25, -0.2) is 0 Å². The van der Waals surface area contributed by atoms with Crippen LogP contribution >= 0.6 is 12.4 Å². The summed E-state index contributed by atoms with van der Waals surface area (Å²) >= 11 is 0. The summed E-state index contributed by atoms with van der Waals surface area (Å²) in [5.74, 6) is -1.06. The Morgan fingerprint density at radius 3 is 2.35 bits per heavy atom. The van der Waals surface area contributed by atoms with Gasteiger partial charge in [-0.15, -0.1) is 12.4 Å². The van der Waals surface area contributed by atoms with Crippen molar-refractivity contribution >= 4 is 30.1 Å². The molecule has 1 aliphatic heterocycles. The van der Waals surface area contributed by atoms with Crippen LogP contribution in [0.2, 0.25) is 0 Å². The lowest BCUT2D eigenvalue weighted by atomic mass is 10.0. The number of nitrogens with zero attached hydrogens (tertiary/aromatic N) is 1. The molecule has 8 nitrogen and oxygen atoms in total. The van der Waals surface area contributed by atoms with Crippen LogP contribution in [0.3, 0.4) is 0 Å². The summed E-state index contributed by atoms with van der Waals surface area (Å²) in [7, 11) is 3.26. The van der Waals surface area contributed by atoms with Gasteiger partial charge in [-0.1, -0.05) is 30.3 Å². The molecular weight excluding hydrogens is 360 g/mol. The fourth-order valence-electron chi connectivity index (χ4n) is 2.42. The van der Waals surface area contributed by atoms with Crippen molar-refractivity contribution in [2.45, 2.75) is 24.7 Å². The molecule has 2 rings (SSSR count). The lowest BCUT2D eigenvalue weighted by molar-refractivity contribution is -0.134. The van der Waals surface area contributed by atoms with Gasteiger partial charge < -0.3 is 26.0 Å². The second-order valence-corrected chi connectivity index (χ2v) is 6.04. The van der Waals surface area contributed by atoms with E-state index in [1.807, 2.05) is 30.3 Å². The molecule has 1 fully saturated rings. The van der Waals surface area contributed by atoms with Crippen molar-refractivity contribution in [2.75, 3.05) is 27.2 Å². The SMILES string of the molecule is CN(C)C(=O)[C@H](Cc1ccccc1)NC(=O)C1OC1C(=O)NCCN.Cl. The number of benzene rings is 1. The van der Waals surface area contributed by atoms with E-state index in [1.54, 1.807) is 14.1 Å². The van der Waals surface area contributed by atoms with Crippen LogP contribution in [0.4, 0.5) is 0 Å². The number of carbonyl (C=O) groups excluding carboxylic acids is 3. The summed E-state index contributed by atoms with van der Waals surface area (Å²) in [5, 5.41) is 5.26. The Morgan fingerprint density at radius 1 is 1.15 bits per heavy atom. The van der Waals surface area contributed by atoms with Gasteiger partial charge in [0.2, 0.25) is 5.91 Å². The highest BCUT2D eigenvalue weighted by Gasteiger charge is 2.50. The highest BCUT2D eigenvalue weighted by molar-refractivity contribution is 5.97. The molecule has 1 saturated heterocycles. The van der Waals surface area contributed by atoms with Crippen LogP contribution in [-0.2, 0) is 25.5 Å². The topological polar surface area (TPSA) is 117 Å². The number of nitrogens with two attached hydrogens (primary N) is 1. The molecule has 0 saturated carbocycles. The molecule has 26 heavy (non-hydrogen) atoms. The van der Waals surface area contributed by atoms with Crippen molar-refractivity contribution in [2.24, 2.45) is 5.73 Å². The third-order valence-corrected chi connectivity index (χ3v) is 3.79. The fraction of sp³-hybridized carbons (Fsp3) is 0.471. The molecule has 1 aromatic rings. The van der Waals surface area contributed by atoms with Crippen LogP contribution in [0, 0.1) is 0 Å². The fourth-order valence-corrected chi connectivity index (χ4v) is 2.42. The Kier molecular flexibility index (Phi) is 8.50. The third kappa shape index (κ3) is 5.98. The van der Waals surface area contributed by atoms with Crippen LogP contribution in [0.1, 0.15) is 5.56 Å². The van der Waals surface area contributed by atoms with E-state index in [9.17, 15) is 14.4 Å². The van der Waals surface area contributed by atoms with E-state index in [-0.39, 0.29) is 24.2 Å². The van der Waals surface area contributed by atoms with E-state index in [0.717, 1.165) is 5.56 Å². The first kappa shape index (κ1) is 21.9. The van der Waals surface area contributed by atoms with Crippen molar-refractivity contribution < 1.29 is 19.1 Å². The molecule has 1 aliphatic rings. The summed E-state index contributed by atoms with van der Waals surface area (Å²) in [4.78, 5) is 37.8. The number of halogens is 1. The molecule has 1 heterocycles. The largest absolute Gasteiger partial charge is 0.352 e. The van der Waals surface area contributed by atoms with E-state index >= 15 is 0 Å². The Morgan fingerprint density at radius 2 is 1.77 bits per heavy atom. The molecule has 0 bridgehead atoms. The quantitative estimate of drug-likeness (QED) is 0.500. The van der Waals surface area contributed by atoms with Crippen molar-refractivity contribution in [3.8, 4) is 0 Å². The average molecular weight is 385 g/mol. The van der Waals surface area contributed by atoms with Crippen LogP contribution in [0.5, 0.6) is 0 Å². The zero-order valence-corrected chi connectivity index (χ0v) is 15.6. The first-order valence-corrected chi connectivity index (χ1v) is 8.12. The van der Waals surface area contributed by atoms with Crippen LogP contribution < -0.4 is 16.4 Å². The van der Waals surface area contributed by atoms with E-state index < -0.39 is 24.2 Å². The number of hydrogen-bond acceptors (Lipinski definition) is 5. The normalized spacial score (nSPS) is 18.9. The minimum absolute atomic E-state index is 0. The average Bonchev–Trinajstić information content (AvgIpc) is 3.40. The Bertz CT molecular complexity index is 626. The lowest BCUT2D eigenvalue weighted by Gasteiger charge is -2.21. The molecular formula is C17H25ClN4O4. The zero-order valence-electron chi connectivity index (χ0n) is 14.8. The molecule has 1 aromatic carbocycles. The zero-order chi connectivity index (χ0) is 18.4. The Labute approximate surface area is 158 Å². The summed E-state index contributed by atoms with van der Waals surface area (Å²) in [5.41, 5.74) is 6.24. The molecule has 3 amide bonds. The highest BCUT2D eigenvalue weighted by atomic mass is 35.5. The van der Waals surface area contributed by atoms with E-state index in [0.29, 0.717) is 19.5 Å². The first-order chi connectivity index (χ1) is 11.9. The van der Waals surface area contributed by atoms with Gasteiger partial charge in [0.1, 0.15) is 6.04 Å². The molecule has 0 radical (unpaired) electrons. The van der Waals surface area contributed by atoms with Gasteiger partial charge in [0.05, 0.1) is 0 Å². The number of likely N-dealkylation sites (N-methyl/N-ethyl adjacent to an activating group) is 1. The van der Waals surface area contributed by atoms with Gasteiger partial charge in [0.25, 0.3) is 11.8 Å². The number of hydrogen-bond donors (Lipinski definition) is 3. The van der Waals surface area contributed by atoms with Crippen molar-refractivity contribution in [1.29, 1.82) is 0 Å². The lowest BCUT2D eigenvalue weighted by Crippen LogP contribution is -2.49. The number of amides is 3. The van der Waals surface area contributed by atoms with E-state index in [4.69, 9.17) is 10.5 Å². The maximum absolute atomic E-state index is 12.4. The van der Waals surface area contributed by atoms with Gasteiger partial charge >= 0.3 is 0 Å². The smallest absolute Gasteiger partial charge is 0.253 e. The first-order valence-electron chi connectivity index (χ1n) is 8.12. The molecule has 0 spiro atoms. The van der Waals surface area contributed by atoms with Gasteiger partial charge in [-0.05, 0) is 5.56 Å². The molecule has 0 aromatic heterocycles. The summed E-state index contributed by atoms with van der Waals surface area (Å²) in [6.07, 6.45) is -1.33. The Hall–Kier alpha value is -2.16. The second-order valence-electron chi connectivity index (χ2n) is 6.04. The summed E-state index contributed by atoms with van der Waals surface area (Å²) < 4.78 is 5.14. The molecule has 4 N–H and O–H groups in total. The molecule has 0 aliphatic carbocycles. The number of epoxide rings is 1. The van der Waals surface area contributed by atoms with E-state index in [2.05, 4.69) is 10.6 Å². The summed E-state index contributed by atoms with van der Waals surface area (Å²) in [6.45, 7) is 0.634. The number of ether oxygens (including phenoxy) is 1. The minimum Gasteiger partial charge on any atom is -0.352 e. The third-order valence-electron chi connectivity index (χ3n) is 3.79. The van der Waals surface area contributed by atoms with Crippen LogP contribution in [0.15, 0.2) is 30.3 Å². The maximum atomic E-state index is 12.4. The standard InChI is InChI=1S/C17H24N4O4.ClH/c1-21(2)17(24)12(10-11-6-4-3-5-7-11)20-16(23)14-13(25-14)15(22)19-9-8-18;/h3-7,12-14H,8-10,18H2,1-2H3,(H,19,22)(H,20,23);1H/t12-,13?,14?;/m0./s1. The molecule has 144 valence electrons. The van der Waals surface area contributed by atoms with Crippen molar-refractivity contribution in [3.05, 3.63) is 35.9 Å². The van der Waals surface area contributed by atoms with Gasteiger partial charge in [-0.3, -0.25) is 14.4 Å². The van der Waals surface area contributed by atoms with Gasteiger partial charge in [0.15, 0.2) is 12.2 Å². The predicted octanol–water partition coefficient (Wildman–Crippen LogP) is -0.934. The number of rotatable bonds is 8. The number of carbonyl (C=O) groups is 3. The molecule has 2 unspecified atom stereocenters. The number of nitrogens with one attached hydrogen (secondary N) is 2. The Balaban J connectivity index is 0.00000338. The van der Waals surface area contributed by atoms with Gasteiger partial charge in [-0.2, -0.15) is 0 Å². The van der Waals surface area contributed by atoms with E-state index in [1.165, 1.54) is 4.90 Å². The minimum atomic E-state index is -0.869. The monoisotopic (exact) mass is 384 g/mol. The van der Waals surface area contributed by atoms with Crippen molar-refractivity contribution in [1.82, 2.24) is 15.5 Å². The summed E-state index contributed by atoms with van der Waals surface area (Å²) in [6, 6.07) is 8.68. The predicted molar refractivity (Wildman–Crippen MR) is 98.7 cm³/mol. The molecule has 9 heteroatoms.